The number of hydrogen-bond acceptors (Lipinski definition) is 2. The molecule has 0 aliphatic heterocycles. The zero-order chi connectivity index (χ0) is 14.4. The highest BCUT2D eigenvalue weighted by Gasteiger charge is 2.15. The van der Waals surface area contributed by atoms with Gasteiger partial charge in [0.15, 0.2) is 0 Å². The van der Waals surface area contributed by atoms with Crippen molar-refractivity contribution in [2.45, 2.75) is 6.92 Å². The van der Waals surface area contributed by atoms with Crippen molar-refractivity contribution in [2.24, 2.45) is 0 Å². The normalized spacial score (nSPS) is 11.3. The number of para-hydroxylation sites is 1. The number of H-pyrrole nitrogens is 1. The van der Waals surface area contributed by atoms with E-state index in [2.05, 4.69) is 29.2 Å². The Balaban J connectivity index is 2.20. The molecule has 2 aromatic heterocycles. The van der Waals surface area contributed by atoms with Crippen LogP contribution in [-0.2, 0) is 0 Å². The lowest BCUT2D eigenvalue weighted by Gasteiger charge is -2.08. The molecule has 0 saturated heterocycles. The van der Waals surface area contributed by atoms with Gasteiger partial charge in [-0.05, 0) is 13.0 Å². The van der Waals surface area contributed by atoms with Crippen LogP contribution in [0.15, 0.2) is 54.6 Å². The number of pyridine rings is 1. The summed E-state index contributed by atoms with van der Waals surface area (Å²) in [5, 5.41) is 2.21. The van der Waals surface area contributed by atoms with Crippen molar-refractivity contribution in [3.05, 3.63) is 60.3 Å². The van der Waals surface area contributed by atoms with Gasteiger partial charge in [-0.3, -0.25) is 0 Å². The van der Waals surface area contributed by atoms with Crippen molar-refractivity contribution in [1.82, 2.24) is 9.97 Å². The van der Waals surface area contributed by atoms with E-state index in [4.69, 9.17) is 10.7 Å². The van der Waals surface area contributed by atoms with Gasteiger partial charge in [0.2, 0.25) is 0 Å². The fourth-order valence-corrected chi connectivity index (χ4v) is 2.87. The summed E-state index contributed by atoms with van der Waals surface area (Å²) < 4.78 is 0. The molecule has 4 rings (SSSR count). The van der Waals surface area contributed by atoms with E-state index in [0.29, 0.717) is 0 Å². The lowest BCUT2D eigenvalue weighted by Crippen LogP contribution is -1.97. The van der Waals surface area contributed by atoms with Gasteiger partial charge in [-0.25, -0.2) is 4.98 Å². The SMILES string of the molecule is Cc1nc(-c2ccccc2)c2[nH]c3ccccc3c2c1N. The maximum atomic E-state index is 6.29. The summed E-state index contributed by atoms with van der Waals surface area (Å²) in [6, 6.07) is 18.4. The third kappa shape index (κ3) is 1.71. The Hall–Kier alpha value is -2.81. The summed E-state index contributed by atoms with van der Waals surface area (Å²) in [5.41, 5.74) is 12.1. The van der Waals surface area contributed by atoms with Crippen LogP contribution in [0.5, 0.6) is 0 Å². The van der Waals surface area contributed by atoms with E-state index in [1.54, 1.807) is 0 Å². The van der Waals surface area contributed by atoms with E-state index in [1.165, 1.54) is 0 Å². The largest absolute Gasteiger partial charge is 0.397 e. The molecular formula is C18H15N3. The number of nitrogen functional groups attached to an aromatic ring is 1. The smallest absolute Gasteiger partial charge is 0.0948 e. The first kappa shape index (κ1) is 12.0. The van der Waals surface area contributed by atoms with Crippen LogP contribution < -0.4 is 5.73 Å². The van der Waals surface area contributed by atoms with E-state index in [9.17, 15) is 0 Å². The average molecular weight is 273 g/mol. The summed E-state index contributed by atoms with van der Waals surface area (Å²) in [4.78, 5) is 8.18. The van der Waals surface area contributed by atoms with Crippen molar-refractivity contribution in [2.75, 3.05) is 5.73 Å². The number of benzene rings is 2. The number of nitrogens with one attached hydrogen (secondary N) is 1. The van der Waals surface area contributed by atoms with E-state index in [1.807, 2.05) is 37.3 Å². The van der Waals surface area contributed by atoms with E-state index < -0.39 is 0 Å². The predicted molar refractivity (Wildman–Crippen MR) is 88.2 cm³/mol. The number of aromatic amines is 1. The summed E-state index contributed by atoms with van der Waals surface area (Å²) in [5.74, 6) is 0. The lowest BCUT2D eigenvalue weighted by molar-refractivity contribution is 1.23. The van der Waals surface area contributed by atoms with Gasteiger partial charge < -0.3 is 10.7 Å². The molecule has 3 nitrogen and oxygen atoms in total. The number of aromatic nitrogens is 2. The third-order valence-corrected chi connectivity index (χ3v) is 3.93. The Kier molecular flexibility index (Phi) is 2.48. The Morgan fingerprint density at radius 2 is 1.67 bits per heavy atom. The van der Waals surface area contributed by atoms with Crippen molar-refractivity contribution in [1.29, 1.82) is 0 Å². The topological polar surface area (TPSA) is 54.7 Å². The molecule has 2 heterocycles. The molecule has 0 fully saturated rings. The molecule has 0 spiro atoms. The van der Waals surface area contributed by atoms with Gasteiger partial charge in [0.25, 0.3) is 0 Å². The minimum atomic E-state index is 0.752. The molecule has 0 radical (unpaired) electrons. The zero-order valence-electron chi connectivity index (χ0n) is 11.7. The maximum absolute atomic E-state index is 6.29. The summed E-state index contributed by atoms with van der Waals surface area (Å²) in [6.45, 7) is 1.96. The van der Waals surface area contributed by atoms with Gasteiger partial charge in [0, 0.05) is 21.9 Å². The number of fused-ring (bicyclic) bond motifs is 3. The fraction of sp³-hybridized carbons (Fsp3) is 0.0556. The molecule has 0 saturated carbocycles. The molecule has 0 unspecified atom stereocenters. The zero-order valence-corrected chi connectivity index (χ0v) is 11.7. The van der Waals surface area contributed by atoms with Crippen LogP contribution in [0.2, 0.25) is 0 Å². The van der Waals surface area contributed by atoms with E-state index in [-0.39, 0.29) is 0 Å². The minimum absolute atomic E-state index is 0.752. The van der Waals surface area contributed by atoms with E-state index >= 15 is 0 Å². The van der Waals surface area contributed by atoms with Crippen molar-refractivity contribution >= 4 is 27.5 Å². The van der Waals surface area contributed by atoms with Crippen LogP contribution in [0.3, 0.4) is 0 Å². The van der Waals surface area contributed by atoms with Gasteiger partial charge in [-0.1, -0.05) is 48.5 Å². The molecule has 0 bridgehead atoms. The Morgan fingerprint density at radius 1 is 0.952 bits per heavy atom. The molecule has 21 heavy (non-hydrogen) atoms. The summed E-state index contributed by atoms with van der Waals surface area (Å²) in [7, 11) is 0. The van der Waals surface area contributed by atoms with Crippen LogP contribution in [0.25, 0.3) is 33.1 Å². The number of rotatable bonds is 1. The van der Waals surface area contributed by atoms with Crippen LogP contribution >= 0.6 is 0 Å². The number of hydrogen-bond donors (Lipinski definition) is 2. The van der Waals surface area contributed by atoms with Crippen molar-refractivity contribution < 1.29 is 0 Å². The van der Waals surface area contributed by atoms with Crippen molar-refractivity contribution in [3.63, 3.8) is 0 Å². The molecule has 0 aliphatic rings. The molecule has 4 aromatic rings. The van der Waals surface area contributed by atoms with Gasteiger partial charge in [0.1, 0.15) is 0 Å². The first-order valence-corrected chi connectivity index (χ1v) is 6.97. The molecule has 0 aliphatic carbocycles. The van der Waals surface area contributed by atoms with Crippen LogP contribution in [-0.4, -0.2) is 9.97 Å². The Labute approximate surface area is 122 Å². The van der Waals surface area contributed by atoms with Crippen LogP contribution in [0.1, 0.15) is 5.69 Å². The second-order valence-electron chi connectivity index (χ2n) is 5.25. The summed E-state index contributed by atoms with van der Waals surface area (Å²) in [6.07, 6.45) is 0. The predicted octanol–water partition coefficient (Wildman–Crippen LogP) is 4.27. The molecule has 3 heteroatoms. The molecule has 102 valence electrons. The first-order chi connectivity index (χ1) is 10.3. The highest BCUT2D eigenvalue weighted by molar-refractivity contribution is 6.16. The lowest BCUT2D eigenvalue weighted by atomic mass is 10.1. The summed E-state index contributed by atoms with van der Waals surface area (Å²) >= 11 is 0. The minimum Gasteiger partial charge on any atom is -0.397 e. The van der Waals surface area contributed by atoms with Gasteiger partial charge in [-0.15, -0.1) is 0 Å². The second-order valence-corrected chi connectivity index (χ2v) is 5.25. The number of nitrogens with zero attached hydrogens (tertiary/aromatic N) is 1. The monoisotopic (exact) mass is 273 g/mol. The Bertz CT molecular complexity index is 952. The van der Waals surface area contributed by atoms with Crippen LogP contribution in [0, 0.1) is 6.92 Å². The highest BCUT2D eigenvalue weighted by Crippen LogP contribution is 2.36. The van der Waals surface area contributed by atoms with Crippen LogP contribution in [0.4, 0.5) is 5.69 Å². The van der Waals surface area contributed by atoms with Gasteiger partial charge in [-0.2, -0.15) is 0 Å². The quantitative estimate of drug-likeness (QED) is 0.544. The standard InChI is InChI=1S/C18H15N3/c1-11-16(19)15-13-9-5-6-10-14(13)21-18(15)17(20-11)12-7-3-2-4-8-12/h2-10,21H,19H2,1H3. The van der Waals surface area contributed by atoms with E-state index in [0.717, 1.165) is 44.4 Å². The van der Waals surface area contributed by atoms with Gasteiger partial charge in [0.05, 0.1) is 22.6 Å². The number of aryl methyl sites for hydroxylation is 1. The van der Waals surface area contributed by atoms with Crippen molar-refractivity contribution in [3.8, 4) is 11.3 Å². The maximum Gasteiger partial charge on any atom is 0.0948 e. The van der Waals surface area contributed by atoms with Gasteiger partial charge >= 0.3 is 0 Å². The second kappa shape index (κ2) is 4.35. The molecular weight excluding hydrogens is 258 g/mol. The molecule has 3 N–H and O–H groups in total. The fourth-order valence-electron chi connectivity index (χ4n) is 2.87. The number of nitrogens with two attached hydrogens (primary N) is 1. The number of anilines is 1. The molecule has 2 aromatic carbocycles. The Morgan fingerprint density at radius 3 is 2.48 bits per heavy atom. The average Bonchev–Trinajstić information content (AvgIpc) is 2.91. The highest BCUT2D eigenvalue weighted by atomic mass is 14.8. The molecule has 0 atom stereocenters. The first-order valence-electron chi connectivity index (χ1n) is 6.97. The third-order valence-electron chi connectivity index (χ3n) is 3.93. The molecule has 0 amide bonds.